The summed E-state index contributed by atoms with van der Waals surface area (Å²) in [6.45, 7) is 5.78. The summed E-state index contributed by atoms with van der Waals surface area (Å²) in [6.07, 6.45) is 1.55. The Bertz CT molecular complexity index is 836. The van der Waals surface area contributed by atoms with E-state index in [1.54, 1.807) is 48.5 Å². The Morgan fingerprint density at radius 3 is 2.14 bits per heavy atom. The Morgan fingerprint density at radius 1 is 0.964 bits per heavy atom. The van der Waals surface area contributed by atoms with Crippen molar-refractivity contribution in [3.8, 4) is 23.0 Å². The first-order valence-electron chi connectivity index (χ1n) is 8.52. The Labute approximate surface area is 179 Å². The summed E-state index contributed by atoms with van der Waals surface area (Å²) in [5.41, 5.74) is -0.460. The van der Waals surface area contributed by atoms with E-state index >= 15 is 0 Å². The molecule has 0 spiro atoms. The number of carbonyl (C=O) groups is 1. The van der Waals surface area contributed by atoms with Gasteiger partial charge in [-0.1, -0.05) is 55.6 Å². The van der Waals surface area contributed by atoms with Gasteiger partial charge in [0.15, 0.2) is 5.78 Å². The van der Waals surface area contributed by atoms with E-state index in [4.69, 9.17) is 49.0 Å². The summed E-state index contributed by atoms with van der Waals surface area (Å²) in [5.74, 6) is 2.25. The second-order valence-corrected chi connectivity index (χ2v) is 8.35. The van der Waals surface area contributed by atoms with Gasteiger partial charge < -0.3 is 14.2 Å². The van der Waals surface area contributed by atoms with Gasteiger partial charge in [-0.25, -0.2) is 0 Å². The number of hydrogen-bond donors (Lipinski definition) is 0. The van der Waals surface area contributed by atoms with Gasteiger partial charge in [0.2, 0.25) is 0 Å². The lowest BCUT2D eigenvalue weighted by Gasteiger charge is -2.17. The van der Waals surface area contributed by atoms with Crippen LogP contribution in [0.4, 0.5) is 0 Å². The van der Waals surface area contributed by atoms with Gasteiger partial charge in [0, 0.05) is 11.5 Å². The molecule has 0 bridgehead atoms. The highest BCUT2D eigenvalue weighted by molar-refractivity contribution is 6.55. The fourth-order valence-corrected chi connectivity index (χ4v) is 2.31. The summed E-state index contributed by atoms with van der Waals surface area (Å²) in [5, 5.41) is 0.365. The zero-order chi connectivity index (χ0) is 20.7. The van der Waals surface area contributed by atoms with Crippen LogP contribution >= 0.6 is 34.8 Å². The van der Waals surface area contributed by atoms with Gasteiger partial charge in [0.05, 0.1) is 5.02 Å². The van der Waals surface area contributed by atoms with E-state index in [2.05, 4.69) is 0 Å². The number of hydrogen-bond acceptors (Lipinski definition) is 4. The third-order valence-corrected chi connectivity index (χ3v) is 4.25. The number of halogens is 3. The van der Waals surface area contributed by atoms with E-state index in [9.17, 15) is 4.79 Å². The zero-order valence-corrected chi connectivity index (χ0v) is 18.1. The van der Waals surface area contributed by atoms with E-state index in [0.29, 0.717) is 28.0 Å². The van der Waals surface area contributed by atoms with Crippen molar-refractivity contribution in [1.29, 1.82) is 0 Å². The van der Waals surface area contributed by atoms with Crippen LogP contribution in [0.2, 0.25) is 5.02 Å². The standard InChI is InChI=1S/C21H21Cl3O4/c1-21(2,3)19(25)13-27-18-9-8-16(12-17(18)22)28-15-6-4-14(5-7-15)26-11-10-20(23)24/h4-10,12H,11,13H2,1-3H3. The van der Waals surface area contributed by atoms with E-state index in [1.165, 1.54) is 0 Å². The predicted molar refractivity (Wildman–Crippen MR) is 113 cm³/mol. The molecule has 150 valence electrons. The molecule has 0 fully saturated rings. The molecule has 0 heterocycles. The maximum Gasteiger partial charge on any atom is 0.175 e. The van der Waals surface area contributed by atoms with E-state index in [-0.39, 0.29) is 23.5 Å². The van der Waals surface area contributed by atoms with E-state index in [0.717, 1.165) is 0 Å². The highest BCUT2D eigenvalue weighted by Crippen LogP contribution is 2.32. The number of carbonyl (C=O) groups excluding carboxylic acids is 1. The van der Waals surface area contributed by atoms with Crippen LogP contribution in [0.5, 0.6) is 23.0 Å². The predicted octanol–water partition coefficient (Wildman–Crippen LogP) is 6.82. The number of rotatable bonds is 8. The summed E-state index contributed by atoms with van der Waals surface area (Å²) >= 11 is 17.3. The minimum atomic E-state index is -0.460. The van der Waals surface area contributed by atoms with Gasteiger partial charge in [-0.2, -0.15) is 0 Å². The average molecular weight is 444 g/mol. The Kier molecular flexibility index (Phi) is 8.05. The molecule has 2 aromatic carbocycles. The maximum absolute atomic E-state index is 12.0. The summed E-state index contributed by atoms with van der Waals surface area (Å²) in [7, 11) is 0. The topological polar surface area (TPSA) is 44.8 Å². The summed E-state index contributed by atoms with van der Waals surface area (Å²) < 4.78 is 16.9. The third kappa shape index (κ3) is 7.27. The van der Waals surface area contributed by atoms with Crippen molar-refractivity contribution in [1.82, 2.24) is 0 Å². The van der Waals surface area contributed by atoms with Crippen molar-refractivity contribution in [2.45, 2.75) is 20.8 Å². The number of ether oxygens (including phenoxy) is 3. The van der Waals surface area contributed by atoms with Crippen molar-refractivity contribution >= 4 is 40.6 Å². The molecule has 2 aromatic rings. The smallest absolute Gasteiger partial charge is 0.175 e. The minimum absolute atomic E-state index is 0.00462. The molecule has 0 aliphatic carbocycles. The molecule has 0 atom stereocenters. The molecule has 0 saturated carbocycles. The molecule has 28 heavy (non-hydrogen) atoms. The molecule has 0 unspecified atom stereocenters. The SMILES string of the molecule is CC(C)(C)C(=O)COc1ccc(Oc2ccc(OCC=C(Cl)Cl)cc2)cc1Cl. The average Bonchev–Trinajstić information content (AvgIpc) is 2.61. The molecule has 0 saturated heterocycles. The molecule has 2 rings (SSSR count). The monoisotopic (exact) mass is 442 g/mol. The second kappa shape index (κ2) is 10.1. The molecule has 0 radical (unpaired) electrons. The van der Waals surface area contributed by atoms with Crippen LogP contribution in [0.3, 0.4) is 0 Å². The highest BCUT2D eigenvalue weighted by atomic mass is 35.5. The number of ketones is 1. The molecular weight excluding hydrogens is 423 g/mol. The van der Waals surface area contributed by atoms with Crippen molar-refractivity contribution in [3.05, 3.63) is 58.1 Å². The van der Waals surface area contributed by atoms with Crippen LogP contribution < -0.4 is 14.2 Å². The first-order valence-corrected chi connectivity index (χ1v) is 9.66. The van der Waals surface area contributed by atoms with Gasteiger partial charge in [0.1, 0.15) is 40.7 Å². The molecule has 0 N–H and O–H groups in total. The lowest BCUT2D eigenvalue weighted by Crippen LogP contribution is -2.26. The Hall–Kier alpha value is -1.88. The van der Waals surface area contributed by atoms with Crippen molar-refractivity contribution in [3.63, 3.8) is 0 Å². The van der Waals surface area contributed by atoms with E-state index in [1.807, 2.05) is 20.8 Å². The maximum atomic E-state index is 12.0. The van der Waals surface area contributed by atoms with Crippen LogP contribution in [0, 0.1) is 5.41 Å². The normalized spacial score (nSPS) is 10.9. The van der Waals surface area contributed by atoms with Gasteiger partial charge in [-0.3, -0.25) is 4.79 Å². The molecule has 0 aliphatic rings. The molecule has 4 nitrogen and oxygen atoms in total. The summed E-state index contributed by atoms with van der Waals surface area (Å²) in [4.78, 5) is 12.0. The Morgan fingerprint density at radius 2 is 1.57 bits per heavy atom. The second-order valence-electron chi connectivity index (χ2n) is 6.93. The number of Topliss-reactive ketones (excluding diaryl/α,β-unsaturated/α-hetero) is 1. The lowest BCUT2D eigenvalue weighted by molar-refractivity contribution is -0.128. The molecule has 0 amide bonds. The fraction of sp³-hybridized carbons (Fsp3) is 0.286. The van der Waals surface area contributed by atoms with Crippen LogP contribution in [-0.2, 0) is 4.79 Å². The largest absolute Gasteiger partial charge is 0.489 e. The lowest BCUT2D eigenvalue weighted by atomic mass is 9.91. The fourth-order valence-electron chi connectivity index (χ4n) is 1.96. The zero-order valence-electron chi connectivity index (χ0n) is 15.8. The Balaban J connectivity index is 1.95. The molecular formula is C21H21Cl3O4. The molecule has 7 heteroatoms. The quantitative estimate of drug-likeness (QED) is 0.449. The highest BCUT2D eigenvalue weighted by Gasteiger charge is 2.21. The number of benzene rings is 2. The van der Waals surface area contributed by atoms with Gasteiger partial charge >= 0.3 is 0 Å². The minimum Gasteiger partial charge on any atom is -0.489 e. The molecule has 0 aromatic heterocycles. The van der Waals surface area contributed by atoms with Crippen LogP contribution in [0.1, 0.15) is 20.8 Å². The van der Waals surface area contributed by atoms with Crippen LogP contribution in [0.25, 0.3) is 0 Å². The van der Waals surface area contributed by atoms with Gasteiger partial charge in [-0.15, -0.1) is 0 Å². The van der Waals surface area contributed by atoms with Crippen molar-refractivity contribution < 1.29 is 19.0 Å². The summed E-state index contributed by atoms with van der Waals surface area (Å²) in [6, 6.07) is 12.1. The first-order chi connectivity index (χ1) is 13.1. The van der Waals surface area contributed by atoms with Gasteiger partial charge in [0.25, 0.3) is 0 Å². The first kappa shape index (κ1) is 22.4. The van der Waals surface area contributed by atoms with Crippen molar-refractivity contribution in [2.24, 2.45) is 5.41 Å². The van der Waals surface area contributed by atoms with Crippen LogP contribution in [0.15, 0.2) is 53.0 Å². The van der Waals surface area contributed by atoms with E-state index < -0.39 is 5.41 Å². The van der Waals surface area contributed by atoms with Crippen LogP contribution in [-0.4, -0.2) is 19.0 Å². The van der Waals surface area contributed by atoms with Crippen molar-refractivity contribution in [2.75, 3.05) is 13.2 Å². The van der Waals surface area contributed by atoms with Gasteiger partial charge in [-0.05, 0) is 42.5 Å². The molecule has 0 aliphatic heterocycles. The third-order valence-electron chi connectivity index (χ3n) is 3.65.